The van der Waals surface area contributed by atoms with E-state index in [2.05, 4.69) is 23.7 Å². The summed E-state index contributed by atoms with van der Waals surface area (Å²) in [5.74, 6) is 3.16. The topological polar surface area (TPSA) is 6.48 Å². The van der Waals surface area contributed by atoms with Crippen LogP contribution in [0.5, 0.6) is 0 Å². The molecule has 0 aliphatic carbocycles. The van der Waals surface area contributed by atoms with Crippen LogP contribution in [0.4, 0.5) is 28.9 Å². The molecule has 0 bridgehead atoms. The summed E-state index contributed by atoms with van der Waals surface area (Å²) in [6.45, 7) is 0. The van der Waals surface area contributed by atoms with Crippen molar-refractivity contribution in [1.82, 2.24) is 0 Å². The summed E-state index contributed by atoms with van der Waals surface area (Å²) < 4.78 is 57.9. The Hall–Kier alpha value is -3.90. The fraction of sp³-hybridized carbons (Fsp3) is 0.154. The molecule has 6 heteroatoms. The summed E-state index contributed by atoms with van der Waals surface area (Å²) in [5.41, 5.74) is 0.754. The van der Waals surface area contributed by atoms with Gasteiger partial charge in [0.2, 0.25) is 0 Å². The minimum absolute atomic E-state index is 0.445. The van der Waals surface area contributed by atoms with Gasteiger partial charge in [-0.15, -0.1) is 0 Å². The minimum atomic E-state index is -1.58. The van der Waals surface area contributed by atoms with E-state index in [9.17, 15) is 17.6 Å². The fourth-order valence-electron chi connectivity index (χ4n) is 2.81. The zero-order valence-corrected chi connectivity index (χ0v) is 18.0. The summed E-state index contributed by atoms with van der Waals surface area (Å²) in [6, 6.07) is 13.6. The van der Waals surface area contributed by atoms with E-state index in [4.69, 9.17) is 0 Å². The molecule has 0 heterocycles. The molecule has 0 N–H and O–H groups in total. The van der Waals surface area contributed by atoms with E-state index in [1.54, 1.807) is 48.5 Å². The number of benzene rings is 3. The van der Waals surface area contributed by atoms with Gasteiger partial charge in [-0.2, -0.15) is 0 Å². The standard InChI is InChI=1S/C26H20F4N2/c1-31(2)19-11-5-17(6-12-19)9-15-21-23(27)25(29)22(26(30)24(21)28)16-10-18-7-13-20(14-8-18)32(3)4/h5-8,11-14H,1-4H3. The highest BCUT2D eigenvalue weighted by molar-refractivity contribution is 5.54. The first kappa shape index (κ1) is 22.8. The van der Waals surface area contributed by atoms with Crippen molar-refractivity contribution in [3.63, 3.8) is 0 Å². The molecular weight excluding hydrogens is 416 g/mol. The smallest absolute Gasteiger partial charge is 0.178 e. The number of anilines is 2. The highest BCUT2D eigenvalue weighted by atomic mass is 19.2. The first-order valence-electron chi connectivity index (χ1n) is 9.63. The van der Waals surface area contributed by atoms with Gasteiger partial charge in [-0.05, 0) is 48.5 Å². The normalized spacial score (nSPS) is 10.0. The molecule has 3 rings (SSSR count). The van der Waals surface area contributed by atoms with Crippen molar-refractivity contribution in [2.24, 2.45) is 0 Å². The van der Waals surface area contributed by atoms with Gasteiger partial charge in [-0.25, -0.2) is 17.6 Å². The van der Waals surface area contributed by atoms with Gasteiger partial charge in [0.25, 0.3) is 0 Å². The van der Waals surface area contributed by atoms with E-state index in [0.717, 1.165) is 11.4 Å². The van der Waals surface area contributed by atoms with Gasteiger partial charge in [0.05, 0.1) is 0 Å². The summed E-state index contributed by atoms with van der Waals surface area (Å²) in [4.78, 5) is 3.75. The molecular formula is C26H20F4N2. The third-order valence-corrected chi connectivity index (χ3v) is 4.69. The van der Waals surface area contributed by atoms with Gasteiger partial charge in [0.1, 0.15) is 11.1 Å². The number of halogens is 4. The Bertz CT molecular complexity index is 1120. The summed E-state index contributed by atoms with van der Waals surface area (Å²) in [6.07, 6.45) is 0. The van der Waals surface area contributed by atoms with Crippen LogP contribution in [0, 0.1) is 47.0 Å². The molecule has 0 saturated carbocycles. The van der Waals surface area contributed by atoms with E-state index >= 15 is 0 Å². The Kier molecular flexibility index (Phi) is 6.76. The van der Waals surface area contributed by atoms with Gasteiger partial charge in [-0.1, -0.05) is 23.7 Å². The molecule has 0 aliphatic heterocycles. The summed E-state index contributed by atoms with van der Waals surface area (Å²) in [7, 11) is 7.45. The van der Waals surface area contributed by atoms with Gasteiger partial charge < -0.3 is 9.80 Å². The zero-order valence-electron chi connectivity index (χ0n) is 18.0. The Morgan fingerprint density at radius 2 is 0.750 bits per heavy atom. The number of hydrogen-bond acceptors (Lipinski definition) is 2. The first-order valence-corrected chi connectivity index (χ1v) is 9.63. The maximum Gasteiger partial charge on any atom is 0.178 e. The number of hydrogen-bond donors (Lipinski definition) is 0. The largest absolute Gasteiger partial charge is 0.378 e. The Balaban J connectivity index is 1.95. The average Bonchev–Trinajstić information content (AvgIpc) is 2.78. The second-order valence-electron chi connectivity index (χ2n) is 7.39. The van der Waals surface area contributed by atoms with Crippen LogP contribution >= 0.6 is 0 Å². The van der Waals surface area contributed by atoms with Gasteiger partial charge in [0.15, 0.2) is 23.3 Å². The van der Waals surface area contributed by atoms with E-state index < -0.39 is 34.4 Å². The highest BCUT2D eigenvalue weighted by Gasteiger charge is 2.23. The van der Waals surface area contributed by atoms with E-state index in [0.29, 0.717) is 11.1 Å². The van der Waals surface area contributed by atoms with Crippen LogP contribution in [0.15, 0.2) is 48.5 Å². The summed E-state index contributed by atoms with van der Waals surface area (Å²) >= 11 is 0. The van der Waals surface area contributed by atoms with E-state index in [-0.39, 0.29) is 0 Å². The molecule has 0 aromatic heterocycles. The molecule has 0 unspecified atom stereocenters. The lowest BCUT2D eigenvalue weighted by atomic mass is 10.1. The van der Waals surface area contributed by atoms with Crippen molar-refractivity contribution in [1.29, 1.82) is 0 Å². The van der Waals surface area contributed by atoms with Crippen LogP contribution in [0.1, 0.15) is 22.3 Å². The van der Waals surface area contributed by atoms with Crippen LogP contribution in [0.2, 0.25) is 0 Å². The third-order valence-electron chi connectivity index (χ3n) is 4.69. The molecule has 0 fully saturated rings. The highest BCUT2D eigenvalue weighted by Crippen LogP contribution is 2.23. The Labute approximate surface area is 185 Å². The molecule has 0 amide bonds. The van der Waals surface area contributed by atoms with Gasteiger partial charge in [-0.3, -0.25) is 0 Å². The lowest BCUT2D eigenvalue weighted by Crippen LogP contribution is -2.08. The third kappa shape index (κ3) is 4.87. The molecule has 0 aliphatic rings. The Morgan fingerprint density at radius 3 is 1.00 bits per heavy atom. The van der Waals surface area contributed by atoms with Crippen molar-refractivity contribution in [2.45, 2.75) is 0 Å². The second kappa shape index (κ2) is 9.49. The lowest BCUT2D eigenvalue weighted by molar-refractivity contribution is 0.447. The van der Waals surface area contributed by atoms with Crippen LogP contribution in [0.3, 0.4) is 0 Å². The maximum absolute atomic E-state index is 14.5. The molecule has 0 spiro atoms. The van der Waals surface area contributed by atoms with Gasteiger partial charge in [0, 0.05) is 50.7 Å². The molecule has 0 saturated heterocycles. The number of rotatable bonds is 2. The SMILES string of the molecule is CN(C)c1ccc(C#Cc2c(F)c(F)c(C#Cc3ccc(N(C)C)cc3)c(F)c2F)cc1. The average molecular weight is 436 g/mol. The first-order chi connectivity index (χ1) is 15.2. The molecule has 0 radical (unpaired) electrons. The van der Waals surface area contributed by atoms with E-state index in [1.165, 1.54) is 0 Å². The minimum Gasteiger partial charge on any atom is -0.378 e. The monoisotopic (exact) mass is 436 g/mol. The molecule has 3 aromatic rings. The van der Waals surface area contributed by atoms with Crippen molar-refractivity contribution >= 4 is 11.4 Å². The van der Waals surface area contributed by atoms with Crippen molar-refractivity contribution in [3.8, 4) is 23.7 Å². The van der Waals surface area contributed by atoms with Crippen LogP contribution < -0.4 is 9.80 Å². The van der Waals surface area contributed by atoms with Crippen molar-refractivity contribution < 1.29 is 17.6 Å². The van der Waals surface area contributed by atoms with Crippen molar-refractivity contribution in [2.75, 3.05) is 38.0 Å². The molecule has 0 atom stereocenters. The maximum atomic E-state index is 14.5. The Morgan fingerprint density at radius 1 is 0.469 bits per heavy atom. The second-order valence-corrected chi connectivity index (χ2v) is 7.39. The predicted molar refractivity (Wildman–Crippen MR) is 120 cm³/mol. The van der Waals surface area contributed by atoms with Crippen molar-refractivity contribution in [3.05, 3.63) is 94.1 Å². The summed E-state index contributed by atoms with van der Waals surface area (Å²) in [5, 5.41) is 0. The quantitative estimate of drug-likeness (QED) is 0.311. The molecule has 2 nitrogen and oxygen atoms in total. The molecule has 32 heavy (non-hydrogen) atoms. The van der Waals surface area contributed by atoms with Crippen LogP contribution in [0.25, 0.3) is 0 Å². The van der Waals surface area contributed by atoms with E-state index in [1.807, 2.05) is 38.0 Å². The zero-order chi connectivity index (χ0) is 23.4. The predicted octanol–water partition coefficient (Wildman–Crippen LogP) is 5.17. The van der Waals surface area contributed by atoms with Crippen LogP contribution in [-0.4, -0.2) is 28.2 Å². The molecule has 162 valence electrons. The van der Waals surface area contributed by atoms with Gasteiger partial charge >= 0.3 is 0 Å². The van der Waals surface area contributed by atoms with Crippen LogP contribution in [-0.2, 0) is 0 Å². The molecule has 3 aromatic carbocycles. The number of nitrogens with zero attached hydrogens (tertiary/aromatic N) is 2. The fourth-order valence-corrected chi connectivity index (χ4v) is 2.81. The lowest BCUT2D eigenvalue weighted by Gasteiger charge is -2.11.